The number of rotatable bonds is 3. The van der Waals surface area contributed by atoms with Crippen molar-refractivity contribution in [1.82, 2.24) is 4.90 Å². The lowest BCUT2D eigenvalue weighted by molar-refractivity contribution is -0.0328. The summed E-state index contributed by atoms with van der Waals surface area (Å²) in [6, 6.07) is 7.31. The number of thioether (sulfide) groups is 1. The standard InChI is InChI=1S/C14H19F3N2S/c1-10-8-12(18)6-7-19(10)9-11-2-4-13(5-3-11)20-14(15,16)17/h2-5,10,12H,6-9,18H2,1H3. The van der Waals surface area contributed by atoms with Crippen molar-refractivity contribution in [1.29, 1.82) is 0 Å². The molecule has 1 fully saturated rings. The van der Waals surface area contributed by atoms with Crippen molar-refractivity contribution >= 4 is 11.8 Å². The van der Waals surface area contributed by atoms with E-state index in [1.165, 1.54) is 12.1 Å². The van der Waals surface area contributed by atoms with Gasteiger partial charge in [0, 0.05) is 30.1 Å². The number of piperidine rings is 1. The maximum Gasteiger partial charge on any atom is 0.446 e. The Hall–Kier alpha value is -0.720. The Labute approximate surface area is 121 Å². The van der Waals surface area contributed by atoms with Gasteiger partial charge in [-0.3, -0.25) is 4.90 Å². The molecule has 1 aliphatic rings. The molecular weight excluding hydrogens is 285 g/mol. The van der Waals surface area contributed by atoms with Crippen LogP contribution in [-0.2, 0) is 6.54 Å². The van der Waals surface area contributed by atoms with Crippen LogP contribution in [0.1, 0.15) is 25.3 Å². The maximum atomic E-state index is 12.2. The Balaban J connectivity index is 1.94. The topological polar surface area (TPSA) is 29.3 Å². The number of likely N-dealkylation sites (tertiary alicyclic amines) is 1. The number of nitrogens with zero attached hydrogens (tertiary/aromatic N) is 1. The Kier molecular flexibility index (Phi) is 4.99. The monoisotopic (exact) mass is 304 g/mol. The maximum absolute atomic E-state index is 12.2. The molecule has 2 atom stereocenters. The number of hydrogen-bond acceptors (Lipinski definition) is 3. The van der Waals surface area contributed by atoms with Gasteiger partial charge in [-0.2, -0.15) is 13.2 Å². The predicted octanol–water partition coefficient (Wildman–Crippen LogP) is 3.61. The van der Waals surface area contributed by atoms with Crippen LogP contribution in [0, 0.1) is 0 Å². The van der Waals surface area contributed by atoms with Crippen LogP contribution in [-0.4, -0.2) is 29.0 Å². The average Bonchev–Trinajstić information content (AvgIpc) is 2.33. The quantitative estimate of drug-likeness (QED) is 0.865. The van der Waals surface area contributed by atoms with Gasteiger partial charge < -0.3 is 5.73 Å². The molecular formula is C14H19F3N2S. The fourth-order valence-corrected chi connectivity index (χ4v) is 3.06. The highest BCUT2D eigenvalue weighted by Crippen LogP contribution is 2.36. The second-order valence-corrected chi connectivity index (χ2v) is 6.43. The normalized spacial score (nSPS) is 24.9. The van der Waals surface area contributed by atoms with E-state index in [0.29, 0.717) is 6.04 Å². The van der Waals surface area contributed by atoms with Crippen molar-refractivity contribution in [2.24, 2.45) is 5.73 Å². The summed E-state index contributed by atoms with van der Waals surface area (Å²) in [5, 5.41) is 0. The summed E-state index contributed by atoms with van der Waals surface area (Å²) in [6.45, 7) is 3.86. The van der Waals surface area contributed by atoms with Crippen molar-refractivity contribution < 1.29 is 13.2 Å². The van der Waals surface area contributed by atoms with Crippen LogP contribution in [0.25, 0.3) is 0 Å². The Morgan fingerprint density at radius 2 is 1.95 bits per heavy atom. The van der Waals surface area contributed by atoms with Crippen LogP contribution in [0.3, 0.4) is 0 Å². The van der Waals surface area contributed by atoms with Crippen LogP contribution in [0.4, 0.5) is 13.2 Å². The molecule has 0 amide bonds. The number of nitrogens with two attached hydrogens (primary N) is 1. The summed E-state index contributed by atoms with van der Waals surface area (Å²) >= 11 is -0.0738. The van der Waals surface area contributed by atoms with Crippen LogP contribution < -0.4 is 5.73 Å². The predicted molar refractivity (Wildman–Crippen MR) is 75.4 cm³/mol. The highest BCUT2D eigenvalue weighted by atomic mass is 32.2. The first-order chi connectivity index (χ1) is 9.33. The molecule has 2 unspecified atom stereocenters. The molecule has 6 heteroatoms. The molecule has 0 radical (unpaired) electrons. The highest BCUT2D eigenvalue weighted by molar-refractivity contribution is 8.00. The third-order valence-corrected chi connectivity index (χ3v) is 4.34. The van der Waals surface area contributed by atoms with Gasteiger partial charge in [0.05, 0.1) is 0 Å². The molecule has 1 saturated heterocycles. The summed E-state index contributed by atoms with van der Waals surface area (Å²) < 4.78 is 36.7. The van der Waals surface area contributed by atoms with Gasteiger partial charge in [-0.25, -0.2) is 0 Å². The summed E-state index contributed by atoms with van der Waals surface area (Å²) in [4.78, 5) is 2.56. The lowest BCUT2D eigenvalue weighted by atomic mass is 9.98. The fraction of sp³-hybridized carbons (Fsp3) is 0.571. The molecule has 2 rings (SSSR count). The number of alkyl halides is 3. The zero-order valence-corrected chi connectivity index (χ0v) is 12.2. The Morgan fingerprint density at radius 3 is 2.50 bits per heavy atom. The highest BCUT2D eigenvalue weighted by Gasteiger charge is 2.29. The zero-order valence-electron chi connectivity index (χ0n) is 11.4. The van der Waals surface area contributed by atoms with Gasteiger partial charge in [-0.1, -0.05) is 12.1 Å². The third kappa shape index (κ3) is 4.68. The minimum Gasteiger partial charge on any atom is -0.328 e. The van der Waals surface area contributed by atoms with Crippen molar-refractivity contribution in [3.63, 3.8) is 0 Å². The first-order valence-electron chi connectivity index (χ1n) is 6.68. The van der Waals surface area contributed by atoms with Gasteiger partial charge in [0.15, 0.2) is 0 Å². The molecule has 0 saturated carbocycles. The Morgan fingerprint density at radius 1 is 1.30 bits per heavy atom. The van der Waals surface area contributed by atoms with E-state index in [-0.39, 0.29) is 22.7 Å². The van der Waals surface area contributed by atoms with Crippen molar-refractivity contribution in [2.45, 2.75) is 48.8 Å². The smallest absolute Gasteiger partial charge is 0.328 e. The van der Waals surface area contributed by atoms with Crippen molar-refractivity contribution in [3.8, 4) is 0 Å². The number of halogens is 3. The zero-order chi connectivity index (χ0) is 14.8. The first kappa shape index (κ1) is 15.7. The first-order valence-corrected chi connectivity index (χ1v) is 7.49. The SMILES string of the molecule is CC1CC(N)CCN1Cc1ccc(SC(F)(F)F)cc1. The molecule has 1 aromatic rings. The van der Waals surface area contributed by atoms with E-state index in [0.717, 1.165) is 31.5 Å². The summed E-state index contributed by atoms with van der Waals surface area (Å²) in [5.41, 5.74) is 2.74. The second-order valence-electron chi connectivity index (χ2n) is 5.30. The van der Waals surface area contributed by atoms with E-state index in [9.17, 15) is 13.2 Å². The molecule has 0 aromatic heterocycles. The third-order valence-electron chi connectivity index (χ3n) is 3.60. The van der Waals surface area contributed by atoms with E-state index >= 15 is 0 Å². The van der Waals surface area contributed by atoms with Crippen LogP contribution >= 0.6 is 11.8 Å². The van der Waals surface area contributed by atoms with E-state index in [1.54, 1.807) is 12.1 Å². The van der Waals surface area contributed by atoms with Gasteiger partial charge in [-0.05, 0) is 49.2 Å². The lowest BCUT2D eigenvalue weighted by Gasteiger charge is -2.36. The molecule has 112 valence electrons. The van der Waals surface area contributed by atoms with E-state index < -0.39 is 5.51 Å². The summed E-state index contributed by atoms with van der Waals surface area (Å²) in [6.07, 6.45) is 1.95. The van der Waals surface area contributed by atoms with Crippen molar-refractivity contribution in [3.05, 3.63) is 29.8 Å². The largest absolute Gasteiger partial charge is 0.446 e. The van der Waals surface area contributed by atoms with Gasteiger partial charge >= 0.3 is 5.51 Å². The average molecular weight is 304 g/mol. The Bertz CT molecular complexity index is 433. The van der Waals surface area contributed by atoms with Crippen LogP contribution in [0.2, 0.25) is 0 Å². The molecule has 0 aliphatic carbocycles. The second kappa shape index (κ2) is 6.37. The molecule has 2 nitrogen and oxygen atoms in total. The van der Waals surface area contributed by atoms with E-state index in [4.69, 9.17) is 5.73 Å². The number of benzene rings is 1. The molecule has 1 aliphatic heterocycles. The molecule has 1 aromatic carbocycles. The molecule has 0 spiro atoms. The molecule has 1 heterocycles. The minimum absolute atomic E-state index is 0.0738. The summed E-state index contributed by atoms with van der Waals surface area (Å²) in [7, 11) is 0. The van der Waals surface area contributed by atoms with Gasteiger partial charge in [-0.15, -0.1) is 0 Å². The molecule has 0 bridgehead atoms. The van der Waals surface area contributed by atoms with Gasteiger partial charge in [0.25, 0.3) is 0 Å². The van der Waals surface area contributed by atoms with Crippen LogP contribution in [0.15, 0.2) is 29.2 Å². The van der Waals surface area contributed by atoms with E-state index in [2.05, 4.69) is 11.8 Å². The van der Waals surface area contributed by atoms with Crippen LogP contribution in [0.5, 0.6) is 0 Å². The molecule has 2 N–H and O–H groups in total. The summed E-state index contributed by atoms with van der Waals surface area (Å²) in [5.74, 6) is 0. The number of hydrogen-bond donors (Lipinski definition) is 1. The lowest BCUT2D eigenvalue weighted by Crippen LogP contribution is -2.44. The van der Waals surface area contributed by atoms with Crippen molar-refractivity contribution in [2.75, 3.05) is 6.54 Å². The fourth-order valence-electron chi connectivity index (χ4n) is 2.52. The van der Waals surface area contributed by atoms with Gasteiger partial charge in [0.2, 0.25) is 0 Å². The molecule has 20 heavy (non-hydrogen) atoms. The van der Waals surface area contributed by atoms with E-state index in [1.807, 2.05) is 0 Å². The minimum atomic E-state index is -4.22. The van der Waals surface area contributed by atoms with Gasteiger partial charge in [0.1, 0.15) is 0 Å².